The zero-order chi connectivity index (χ0) is 19.2. The van der Waals surface area contributed by atoms with Gasteiger partial charge in [0.1, 0.15) is 17.9 Å². The number of ether oxygens (including phenoxy) is 2. The molecule has 2 aromatic rings. The van der Waals surface area contributed by atoms with E-state index in [1.165, 1.54) is 0 Å². The maximum atomic E-state index is 12.3. The van der Waals surface area contributed by atoms with Crippen LogP contribution in [0.4, 0.5) is 0 Å². The summed E-state index contributed by atoms with van der Waals surface area (Å²) < 4.78 is 10.9. The van der Waals surface area contributed by atoms with Gasteiger partial charge in [-0.1, -0.05) is 23.7 Å². The van der Waals surface area contributed by atoms with E-state index in [1.807, 2.05) is 30.3 Å². The summed E-state index contributed by atoms with van der Waals surface area (Å²) in [5, 5.41) is 12.3. The molecule has 0 heterocycles. The molecule has 0 aliphatic heterocycles. The van der Waals surface area contributed by atoms with Crippen LogP contribution in [0.3, 0.4) is 0 Å². The van der Waals surface area contributed by atoms with E-state index in [2.05, 4.69) is 5.32 Å². The Bertz CT molecular complexity index is 839. The number of hydrogen-bond acceptors (Lipinski definition) is 4. The van der Waals surface area contributed by atoms with Gasteiger partial charge in [0.05, 0.1) is 17.2 Å². The smallest absolute Gasteiger partial charge is 0.251 e. The van der Waals surface area contributed by atoms with E-state index < -0.39 is 0 Å². The van der Waals surface area contributed by atoms with Crippen LogP contribution in [-0.4, -0.2) is 31.8 Å². The normalized spacial score (nSPS) is 18.3. The third-order valence-corrected chi connectivity index (χ3v) is 4.92. The molecule has 0 spiro atoms. The monoisotopic (exact) mass is 384 g/mol. The van der Waals surface area contributed by atoms with E-state index in [4.69, 9.17) is 26.3 Å². The lowest BCUT2D eigenvalue weighted by molar-refractivity contribution is 0.0701. The molecule has 1 saturated carbocycles. The number of carbonyl (C=O) groups excluding carboxylic acids is 1. The standard InChI is InChI=1S/C21H21ClN2O3/c1-26-9-8-14-2-4-15(5-3-14)21(25)24-17-10-19(11-17)27-18-7-6-16(13-23)20(22)12-18/h2-7,12,17,19H,8-11H2,1H3,(H,24,25). The number of carbonyl (C=O) groups is 1. The molecular formula is C21H21ClN2O3. The van der Waals surface area contributed by atoms with Crippen molar-refractivity contribution in [1.82, 2.24) is 5.32 Å². The Labute approximate surface area is 163 Å². The molecule has 3 rings (SSSR count). The molecular weight excluding hydrogens is 364 g/mol. The minimum absolute atomic E-state index is 0.0377. The number of rotatable bonds is 7. The van der Waals surface area contributed by atoms with E-state index in [0.29, 0.717) is 28.5 Å². The van der Waals surface area contributed by atoms with Gasteiger partial charge in [-0.05, 0) is 36.2 Å². The molecule has 0 unspecified atom stereocenters. The van der Waals surface area contributed by atoms with E-state index in [0.717, 1.165) is 24.8 Å². The maximum absolute atomic E-state index is 12.3. The molecule has 0 bridgehead atoms. The van der Waals surface area contributed by atoms with E-state index in [-0.39, 0.29) is 18.1 Å². The van der Waals surface area contributed by atoms with Gasteiger partial charge in [0.2, 0.25) is 0 Å². The zero-order valence-electron chi connectivity index (χ0n) is 15.1. The molecule has 5 nitrogen and oxygen atoms in total. The van der Waals surface area contributed by atoms with Crippen molar-refractivity contribution < 1.29 is 14.3 Å². The van der Waals surface area contributed by atoms with Crippen LogP contribution in [0.25, 0.3) is 0 Å². The van der Waals surface area contributed by atoms with Crippen molar-refractivity contribution in [3.8, 4) is 11.8 Å². The summed E-state index contributed by atoms with van der Waals surface area (Å²) in [6.45, 7) is 0.666. The molecule has 1 amide bonds. The van der Waals surface area contributed by atoms with Gasteiger partial charge >= 0.3 is 0 Å². The van der Waals surface area contributed by atoms with Crippen molar-refractivity contribution in [2.75, 3.05) is 13.7 Å². The molecule has 0 saturated heterocycles. The molecule has 1 aliphatic rings. The van der Waals surface area contributed by atoms with Gasteiger partial charge in [0, 0.05) is 37.6 Å². The number of nitrogens with zero attached hydrogens (tertiary/aromatic N) is 1. The SMILES string of the molecule is COCCc1ccc(C(=O)NC2CC(Oc3ccc(C#N)c(Cl)c3)C2)cc1. The largest absolute Gasteiger partial charge is 0.490 e. The molecule has 0 atom stereocenters. The number of hydrogen-bond donors (Lipinski definition) is 1. The second kappa shape index (κ2) is 8.90. The highest BCUT2D eigenvalue weighted by atomic mass is 35.5. The number of methoxy groups -OCH3 is 1. The lowest BCUT2D eigenvalue weighted by Gasteiger charge is -2.35. The highest BCUT2D eigenvalue weighted by Crippen LogP contribution is 2.29. The average molecular weight is 385 g/mol. The van der Waals surface area contributed by atoms with Gasteiger partial charge in [-0.2, -0.15) is 5.26 Å². The fourth-order valence-electron chi connectivity index (χ4n) is 2.94. The number of halogens is 1. The summed E-state index contributed by atoms with van der Waals surface area (Å²) in [7, 11) is 1.67. The number of amides is 1. The summed E-state index contributed by atoms with van der Waals surface area (Å²) in [5.41, 5.74) is 2.22. The van der Waals surface area contributed by atoms with E-state index >= 15 is 0 Å². The first-order valence-corrected chi connectivity index (χ1v) is 9.22. The summed E-state index contributed by atoms with van der Waals surface area (Å²) in [5.74, 6) is 0.568. The maximum Gasteiger partial charge on any atom is 0.251 e. The van der Waals surface area contributed by atoms with Gasteiger partial charge in [-0.15, -0.1) is 0 Å². The van der Waals surface area contributed by atoms with Crippen LogP contribution >= 0.6 is 11.6 Å². The highest BCUT2D eigenvalue weighted by Gasteiger charge is 2.32. The number of nitrogens with one attached hydrogen (secondary N) is 1. The first kappa shape index (κ1) is 19.2. The van der Waals surface area contributed by atoms with Gasteiger partial charge in [-0.25, -0.2) is 0 Å². The average Bonchev–Trinajstić information content (AvgIpc) is 2.65. The summed E-state index contributed by atoms with van der Waals surface area (Å²) >= 11 is 6.01. The summed E-state index contributed by atoms with van der Waals surface area (Å²) in [6.07, 6.45) is 2.36. The lowest BCUT2D eigenvalue weighted by Crippen LogP contribution is -2.49. The van der Waals surface area contributed by atoms with Gasteiger partial charge in [0.25, 0.3) is 5.91 Å². The van der Waals surface area contributed by atoms with Gasteiger partial charge in [0.15, 0.2) is 0 Å². The molecule has 1 aliphatic carbocycles. The van der Waals surface area contributed by atoms with Crippen molar-refractivity contribution in [2.24, 2.45) is 0 Å². The van der Waals surface area contributed by atoms with E-state index in [9.17, 15) is 4.79 Å². The Balaban J connectivity index is 1.45. The number of nitriles is 1. The third-order valence-electron chi connectivity index (χ3n) is 4.60. The second-order valence-corrected chi connectivity index (χ2v) is 6.98. The van der Waals surface area contributed by atoms with Crippen molar-refractivity contribution in [1.29, 1.82) is 5.26 Å². The van der Waals surface area contributed by atoms with Crippen molar-refractivity contribution in [3.05, 3.63) is 64.2 Å². The Morgan fingerprint density at radius 1 is 1.26 bits per heavy atom. The summed E-state index contributed by atoms with van der Waals surface area (Å²) in [6, 6.07) is 14.7. The first-order valence-electron chi connectivity index (χ1n) is 8.84. The zero-order valence-corrected chi connectivity index (χ0v) is 15.8. The fraction of sp³-hybridized carbons (Fsp3) is 0.333. The summed E-state index contributed by atoms with van der Waals surface area (Å²) in [4.78, 5) is 12.3. The Morgan fingerprint density at radius 2 is 2.00 bits per heavy atom. The molecule has 27 heavy (non-hydrogen) atoms. The van der Waals surface area contributed by atoms with Crippen LogP contribution < -0.4 is 10.1 Å². The van der Waals surface area contributed by atoms with Crippen LogP contribution in [0.2, 0.25) is 5.02 Å². The van der Waals surface area contributed by atoms with E-state index in [1.54, 1.807) is 25.3 Å². The second-order valence-electron chi connectivity index (χ2n) is 6.57. The van der Waals surface area contributed by atoms with Crippen molar-refractivity contribution in [2.45, 2.75) is 31.4 Å². The lowest BCUT2D eigenvalue weighted by atomic mass is 9.89. The fourth-order valence-corrected chi connectivity index (χ4v) is 3.16. The topological polar surface area (TPSA) is 71.3 Å². The third kappa shape index (κ3) is 5.00. The van der Waals surface area contributed by atoms with Crippen LogP contribution in [0.15, 0.2) is 42.5 Å². The Hall–Kier alpha value is -2.55. The van der Waals surface area contributed by atoms with Crippen LogP contribution in [0.1, 0.15) is 34.3 Å². The van der Waals surface area contributed by atoms with Crippen molar-refractivity contribution in [3.63, 3.8) is 0 Å². The predicted molar refractivity (Wildman–Crippen MR) is 103 cm³/mol. The molecule has 2 aromatic carbocycles. The van der Waals surface area contributed by atoms with Crippen LogP contribution in [-0.2, 0) is 11.2 Å². The predicted octanol–water partition coefficient (Wildman–Crippen LogP) is 3.74. The van der Waals surface area contributed by atoms with Crippen molar-refractivity contribution >= 4 is 17.5 Å². The minimum Gasteiger partial charge on any atom is -0.490 e. The quantitative estimate of drug-likeness (QED) is 0.789. The highest BCUT2D eigenvalue weighted by molar-refractivity contribution is 6.31. The Kier molecular flexibility index (Phi) is 6.33. The molecule has 0 radical (unpaired) electrons. The minimum atomic E-state index is -0.0711. The molecule has 6 heteroatoms. The van der Waals surface area contributed by atoms with Crippen LogP contribution in [0, 0.1) is 11.3 Å². The molecule has 0 aromatic heterocycles. The molecule has 1 fully saturated rings. The van der Waals surface area contributed by atoms with Gasteiger partial charge < -0.3 is 14.8 Å². The Morgan fingerprint density at radius 3 is 2.63 bits per heavy atom. The number of benzene rings is 2. The molecule has 1 N–H and O–H groups in total. The first-order chi connectivity index (χ1) is 13.1. The molecule has 140 valence electrons. The van der Waals surface area contributed by atoms with Crippen LogP contribution in [0.5, 0.6) is 5.75 Å². The van der Waals surface area contributed by atoms with Gasteiger partial charge in [-0.3, -0.25) is 4.79 Å².